The second-order valence-corrected chi connectivity index (χ2v) is 9.37. The molecule has 3 aromatic heterocycles. The molecule has 0 radical (unpaired) electrons. The Morgan fingerprint density at radius 2 is 1.85 bits per heavy atom. The first-order valence-electron chi connectivity index (χ1n) is 10.9. The molecule has 2 aliphatic rings. The molecule has 0 amide bonds. The molecule has 2 N–H and O–H groups in total. The number of aryl methyl sites for hydroxylation is 1. The summed E-state index contributed by atoms with van der Waals surface area (Å²) in [6, 6.07) is 0.638. The number of halogens is 3. The van der Waals surface area contributed by atoms with Gasteiger partial charge in [0, 0.05) is 38.4 Å². The minimum atomic E-state index is -4.53. The number of ether oxygens (including phenoxy) is 1. The zero-order valence-electron chi connectivity index (χ0n) is 18.1. The van der Waals surface area contributed by atoms with Crippen molar-refractivity contribution in [2.75, 3.05) is 36.9 Å². The number of alkyl halides is 3. The van der Waals surface area contributed by atoms with E-state index in [2.05, 4.69) is 35.6 Å². The molecular formula is C20H25F3N8OS. The highest BCUT2D eigenvalue weighted by Crippen LogP contribution is 2.37. The van der Waals surface area contributed by atoms with Crippen LogP contribution in [0, 0.1) is 0 Å². The summed E-state index contributed by atoms with van der Waals surface area (Å²) >= 11 is 0.523. The minimum Gasteiger partial charge on any atom is -0.379 e. The number of thiazole rings is 1. The van der Waals surface area contributed by atoms with Crippen molar-refractivity contribution >= 4 is 39.1 Å². The first-order chi connectivity index (χ1) is 15.8. The number of morpholine rings is 1. The minimum absolute atomic E-state index is 0.114. The van der Waals surface area contributed by atoms with Crippen LogP contribution in [0.4, 0.5) is 30.6 Å². The van der Waals surface area contributed by atoms with Gasteiger partial charge in [0.2, 0.25) is 11.0 Å². The van der Waals surface area contributed by atoms with Gasteiger partial charge < -0.3 is 15.4 Å². The molecule has 2 fully saturated rings. The lowest BCUT2D eigenvalue weighted by molar-refractivity contribution is -0.137. The third kappa shape index (κ3) is 5.04. The molecule has 0 unspecified atom stereocenters. The normalized spacial score (nSPS) is 22.5. The van der Waals surface area contributed by atoms with E-state index in [-0.39, 0.29) is 22.3 Å². The Morgan fingerprint density at radius 1 is 1.09 bits per heavy atom. The van der Waals surface area contributed by atoms with E-state index in [1.807, 2.05) is 0 Å². The maximum Gasteiger partial charge on any atom is 0.443 e. The monoisotopic (exact) mass is 482 g/mol. The second kappa shape index (κ2) is 9.03. The fourth-order valence-electron chi connectivity index (χ4n) is 4.44. The SMILES string of the molecule is Cn1cc(Nc2nc(N[C@H]3CC[C@H](N4CCOCC4)CC3)c3nc(C(F)(F)F)sc3n2)cn1. The van der Waals surface area contributed by atoms with E-state index >= 15 is 0 Å². The van der Waals surface area contributed by atoms with Crippen molar-refractivity contribution in [2.24, 2.45) is 7.05 Å². The first kappa shape index (κ1) is 22.3. The van der Waals surface area contributed by atoms with Crippen LogP contribution in [0.25, 0.3) is 10.3 Å². The van der Waals surface area contributed by atoms with Crippen molar-refractivity contribution in [2.45, 2.75) is 43.9 Å². The van der Waals surface area contributed by atoms with Gasteiger partial charge >= 0.3 is 6.18 Å². The quantitative estimate of drug-likeness (QED) is 0.570. The van der Waals surface area contributed by atoms with Crippen molar-refractivity contribution in [1.82, 2.24) is 29.6 Å². The van der Waals surface area contributed by atoms with Gasteiger partial charge in [-0.3, -0.25) is 9.58 Å². The van der Waals surface area contributed by atoms with Crippen LogP contribution in [0.15, 0.2) is 12.4 Å². The molecule has 0 atom stereocenters. The average molecular weight is 483 g/mol. The summed E-state index contributed by atoms with van der Waals surface area (Å²) in [7, 11) is 1.77. The molecule has 1 saturated carbocycles. The molecule has 1 saturated heterocycles. The zero-order chi connectivity index (χ0) is 23.0. The molecule has 3 aromatic rings. The van der Waals surface area contributed by atoms with Crippen LogP contribution in [0.2, 0.25) is 0 Å². The fraction of sp³-hybridized carbons (Fsp3) is 0.600. The third-order valence-electron chi connectivity index (χ3n) is 6.06. The lowest BCUT2D eigenvalue weighted by Gasteiger charge is -2.39. The highest BCUT2D eigenvalue weighted by molar-refractivity contribution is 7.18. The van der Waals surface area contributed by atoms with Gasteiger partial charge in [-0.1, -0.05) is 11.3 Å². The summed E-state index contributed by atoms with van der Waals surface area (Å²) in [5.41, 5.74) is 0.800. The van der Waals surface area contributed by atoms with Crippen LogP contribution < -0.4 is 10.6 Å². The zero-order valence-corrected chi connectivity index (χ0v) is 18.9. The molecule has 0 bridgehead atoms. The lowest BCUT2D eigenvalue weighted by Crippen LogP contribution is -2.46. The molecule has 0 spiro atoms. The third-order valence-corrected chi connectivity index (χ3v) is 7.06. The van der Waals surface area contributed by atoms with E-state index in [0.29, 0.717) is 28.9 Å². The highest BCUT2D eigenvalue weighted by atomic mass is 32.1. The number of nitrogens with zero attached hydrogens (tertiary/aromatic N) is 6. The molecule has 0 aromatic carbocycles. The number of nitrogens with one attached hydrogen (secondary N) is 2. The van der Waals surface area contributed by atoms with Crippen LogP contribution in [0.5, 0.6) is 0 Å². The summed E-state index contributed by atoms with van der Waals surface area (Å²) in [4.78, 5) is 15.3. The van der Waals surface area contributed by atoms with Gasteiger partial charge in [-0.15, -0.1) is 0 Å². The molecule has 1 aliphatic heterocycles. The van der Waals surface area contributed by atoms with Crippen LogP contribution in [-0.4, -0.2) is 68.0 Å². The summed E-state index contributed by atoms with van der Waals surface area (Å²) < 4.78 is 47.0. The largest absolute Gasteiger partial charge is 0.443 e. The Hall–Kier alpha value is -2.51. The molecule has 178 valence electrons. The van der Waals surface area contributed by atoms with Gasteiger partial charge in [0.15, 0.2) is 10.6 Å². The molecule has 1 aliphatic carbocycles. The van der Waals surface area contributed by atoms with E-state index in [1.165, 1.54) is 0 Å². The van der Waals surface area contributed by atoms with Crippen molar-refractivity contribution in [3.8, 4) is 0 Å². The van der Waals surface area contributed by atoms with Gasteiger partial charge in [-0.2, -0.15) is 28.2 Å². The van der Waals surface area contributed by atoms with Gasteiger partial charge in [-0.25, -0.2) is 4.98 Å². The fourth-order valence-corrected chi connectivity index (χ4v) is 5.24. The summed E-state index contributed by atoms with van der Waals surface area (Å²) in [5, 5.41) is 9.55. The molecule has 13 heteroatoms. The number of aromatic nitrogens is 5. The predicted molar refractivity (Wildman–Crippen MR) is 119 cm³/mol. The topological polar surface area (TPSA) is 93.0 Å². The van der Waals surface area contributed by atoms with E-state index in [9.17, 15) is 13.2 Å². The molecule has 4 heterocycles. The number of fused-ring (bicyclic) bond motifs is 1. The van der Waals surface area contributed by atoms with Crippen LogP contribution in [0.1, 0.15) is 30.7 Å². The Balaban J connectivity index is 1.36. The predicted octanol–water partition coefficient (Wildman–Crippen LogP) is 3.64. The van der Waals surface area contributed by atoms with Crippen molar-refractivity contribution < 1.29 is 17.9 Å². The Labute approximate surface area is 192 Å². The Bertz CT molecular complexity index is 1100. The number of rotatable bonds is 5. The van der Waals surface area contributed by atoms with Crippen LogP contribution in [-0.2, 0) is 18.0 Å². The number of anilines is 3. The summed E-state index contributed by atoms with van der Waals surface area (Å²) in [6.45, 7) is 3.46. The number of hydrogen-bond donors (Lipinski definition) is 2. The summed E-state index contributed by atoms with van der Waals surface area (Å²) in [5.74, 6) is 0.533. The second-order valence-electron chi connectivity index (χ2n) is 8.39. The highest BCUT2D eigenvalue weighted by Gasteiger charge is 2.36. The molecule has 9 nitrogen and oxygen atoms in total. The smallest absolute Gasteiger partial charge is 0.379 e. The standard InChI is InChI=1S/C20H25F3N8OS/c1-30-11-13(10-24-30)26-19-28-16(15-17(29-19)33-18(27-15)20(21,22)23)25-12-2-4-14(5-3-12)31-6-8-32-9-7-31/h10-12,14H,2-9H2,1H3,(H2,25,26,28,29)/t12-,14-. The average Bonchev–Trinajstić information content (AvgIpc) is 3.41. The Kier molecular flexibility index (Phi) is 6.10. The lowest BCUT2D eigenvalue weighted by atomic mass is 9.90. The van der Waals surface area contributed by atoms with E-state index in [4.69, 9.17) is 4.74 Å². The van der Waals surface area contributed by atoms with E-state index in [0.717, 1.165) is 52.0 Å². The van der Waals surface area contributed by atoms with E-state index in [1.54, 1.807) is 24.1 Å². The molecule has 5 rings (SSSR count). The maximum atomic E-state index is 13.3. The van der Waals surface area contributed by atoms with Crippen molar-refractivity contribution in [1.29, 1.82) is 0 Å². The van der Waals surface area contributed by atoms with Gasteiger partial charge in [0.05, 0.1) is 25.1 Å². The Morgan fingerprint density at radius 3 is 2.52 bits per heavy atom. The molecular weight excluding hydrogens is 457 g/mol. The van der Waals surface area contributed by atoms with Crippen molar-refractivity contribution in [3.05, 3.63) is 17.4 Å². The van der Waals surface area contributed by atoms with Crippen molar-refractivity contribution in [3.63, 3.8) is 0 Å². The van der Waals surface area contributed by atoms with Crippen LogP contribution >= 0.6 is 11.3 Å². The van der Waals surface area contributed by atoms with Gasteiger partial charge in [0.1, 0.15) is 5.52 Å². The van der Waals surface area contributed by atoms with Gasteiger partial charge in [0.25, 0.3) is 0 Å². The van der Waals surface area contributed by atoms with Crippen LogP contribution in [0.3, 0.4) is 0 Å². The summed E-state index contributed by atoms with van der Waals surface area (Å²) in [6.07, 6.45) is 2.68. The van der Waals surface area contributed by atoms with Gasteiger partial charge in [-0.05, 0) is 25.7 Å². The first-order valence-corrected chi connectivity index (χ1v) is 11.8. The molecule has 33 heavy (non-hydrogen) atoms. The number of hydrogen-bond acceptors (Lipinski definition) is 9. The van der Waals surface area contributed by atoms with E-state index < -0.39 is 11.2 Å². The maximum absolute atomic E-state index is 13.3.